The average Bonchev–Trinajstić information content (AvgIpc) is 1.98. The highest BCUT2D eigenvalue weighted by atomic mass is 79.9. The van der Waals surface area contributed by atoms with E-state index in [0.29, 0.717) is 11.6 Å². The lowest BCUT2D eigenvalue weighted by Gasteiger charge is -2.12. The van der Waals surface area contributed by atoms with E-state index in [1.807, 2.05) is 0 Å². The molecule has 62 valence electrons. The molecular weight excluding hydrogens is 192 g/mol. The van der Waals surface area contributed by atoms with Gasteiger partial charge in [0.1, 0.15) is 5.52 Å². The molecule has 0 heterocycles. The van der Waals surface area contributed by atoms with Gasteiger partial charge in [0.2, 0.25) is 0 Å². The second-order valence-electron chi connectivity index (χ2n) is 2.45. The molecule has 0 aromatic rings. The van der Waals surface area contributed by atoms with Crippen molar-refractivity contribution >= 4 is 15.9 Å². The van der Waals surface area contributed by atoms with Crippen molar-refractivity contribution in [3.8, 4) is 0 Å². The van der Waals surface area contributed by atoms with E-state index in [1.165, 1.54) is 19.3 Å². The van der Waals surface area contributed by atoms with Crippen molar-refractivity contribution in [2.75, 3.05) is 5.52 Å². The zero-order valence-electron chi connectivity index (χ0n) is 6.90. The maximum atomic E-state index is 5.41. The van der Waals surface area contributed by atoms with E-state index in [-0.39, 0.29) is 0 Å². The number of unbranched alkanes of at least 4 members (excludes halogenated alkanes) is 1. The minimum absolute atomic E-state index is 0.472. The fraction of sp³-hybridized carbons (Fsp3) is 1.00. The molecule has 0 aliphatic carbocycles. The van der Waals surface area contributed by atoms with Gasteiger partial charge in [-0.1, -0.05) is 42.6 Å². The lowest BCUT2D eigenvalue weighted by atomic mass is 10.1. The number of rotatable bonds is 6. The Kier molecular flexibility index (Phi) is 7.88. The Morgan fingerprint density at radius 2 is 2.10 bits per heavy atom. The van der Waals surface area contributed by atoms with E-state index in [1.54, 1.807) is 0 Å². The fourth-order valence-electron chi connectivity index (χ4n) is 0.926. The summed E-state index contributed by atoms with van der Waals surface area (Å²) < 4.78 is 5.41. The minimum Gasteiger partial charge on any atom is -0.367 e. The molecular formula is C8H17BrO. The molecule has 1 atom stereocenters. The molecule has 0 N–H and O–H groups in total. The Morgan fingerprint density at radius 3 is 2.50 bits per heavy atom. The third-order valence-corrected chi connectivity index (χ3v) is 1.90. The van der Waals surface area contributed by atoms with Crippen LogP contribution in [0.25, 0.3) is 0 Å². The van der Waals surface area contributed by atoms with Crippen LogP contribution in [0.15, 0.2) is 0 Å². The van der Waals surface area contributed by atoms with Crippen LogP contribution < -0.4 is 0 Å². The van der Waals surface area contributed by atoms with Crippen molar-refractivity contribution in [2.45, 2.75) is 45.6 Å². The standard InChI is InChI=1S/C8H17BrO/c1-3-5-6-8(4-2)10-7-9/h8H,3-7H2,1-2H3. The molecule has 10 heavy (non-hydrogen) atoms. The van der Waals surface area contributed by atoms with Gasteiger partial charge in [0.05, 0.1) is 6.10 Å². The van der Waals surface area contributed by atoms with Gasteiger partial charge in [-0.05, 0) is 12.8 Å². The van der Waals surface area contributed by atoms with Crippen LogP contribution in [-0.2, 0) is 4.74 Å². The van der Waals surface area contributed by atoms with Gasteiger partial charge in [0, 0.05) is 0 Å². The fourth-order valence-corrected chi connectivity index (χ4v) is 1.30. The molecule has 0 saturated carbocycles. The predicted octanol–water partition coefficient (Wildman–Crippen LogP) is 3.32. The van der Waals surface area contributed by atoms with E-state index < -0.39 is 0 Å². The molecule has 2 heteroatoms. The minimum atomic E-state index is 0.472. The molecule has 0 aliphatic rings. The zero-order valence-corrected chi connectivity index (χ0v) is 8.49. The van der Waals surface area contributed by atoms with Crippen LogP contribution >= 0.6 is 15.9 Å². The van der Waals surface area contributed by atoms with Gasteiger partial charge >= 0.3 is 0 Å². The van der Waals surface area contributed by atoms with E-state index in [9.17, 15) is 0 Å². The molecule has 0 rings (SSSR count). The second kappa shape index (κ2) is 7.55. The quantitative estimate of drug-likeness (QED) is 0.609. The number of hydrogen-bond acceptors (Lipinski definition) is 1. The van der Waals surface area contributed by atoms with E-state index in [4.69, 9.17) is 4.74 Å². The highest BCUT2D eigenvalue weighted by Gasteiger charge is 2.03. The summed E-state index contributed by atoms with van der Waals surface area (Å²) in [5.74, 6) is 0. The van der Waals surface area contributed by atoms with Crippen LogP contribution in [0.4, 0.5) is 0 Å². The summed E-state index contributed by atoms with van der Waals surface area (Å²) in [7, 11) is 0. The highest BCUT2D eigenvalue weighted by Crippen LogP contribution is 2.08. The smallest absolute Gasteiger partial charge is 0.102 e. The third kappa shape index (κ3) is 5.24. The van der Waals surface area contributed by atoms with Crippen LogP contribution in [-0.4, -0.2) is 11.6 Å². The highest BCUT2D eigenvalue weighted by molar-refractivity contribution is 9.09. The Balaban J connectivity index is 3.21. The topological polar surface area (TPSA) is 9.23 Å². The normalized spacial score (nSPS) is 13.5. The van der Waals surface area contributed by atoms with Gasteiger partial charge in [-0.3, -0.25) is 0 Å². The summed E-state index contributed by atoms with van der Waals surface area (Å²) in [6.07, 6.45) is 5.36. The lowest BCUT2D eigenvalue weighted by Crippen LogP contribution is -2.09. The van der Waals surface area contributed by atoms with Crippen molar-refractivity contribution in [3.63, 3.8) is 0 Å². The zero-order chi connectivity index (χ0) is 7.82. The van der Waals surface area contributed by atoms with E-state index in [2.05, 4.69) is 29.8 Å². The first-order chi connectivity index (χ1) is 4.85. The molecule has 0 fully saturated rings. The predicted molar refractivity (Wildman–Crippen MR) is 48.5 cm³/mol. The van der Waals surface area contributed by atoms with Gasteiger partial charge in [-0.25, -0.2) is 0 Å². The Labute approximate surface area is 72.3 Å². The molecule has 0 saturated heterocycles. The molecule has 1 unspecified atom stereocenters. The first kappa shape index (κ1) is 10.4. The summed E-state index contributed by atoms with van der Waals surface area (Å²) in [6.45, 7) is 4.38. The molecule has 0 bridgehead atoms. The van der Waals surface area contributed by atoms with Crippen molar-refractivity contribution in [3.05, 3.63) is 0 Å². The van der Waals surface area contributed by atoms with Crippen LogP contribution in [0.2, 0.25) is 0 Å². The molecule has 0 aromatic carbocycles. The van der Waals surface area contributed by atoms with E-state index in [0.717, 1.165) is 6.42 Å². The Hall–Kier alpha value is 0.440. The maximum absolute atomic E-state index is 5.41. The Morgan fingerprint density at radius 1 is 1.40 bits per heavy atom. The molecule has 1 nitrogen and oxygen atoms in total. The maximum Gasteiger partial charge on any atom is 0.102 e. The van der Waals surface area contributed by atoms with Gasteiger partial charge in [0.25, 0.3) is 0 Å². The van der Waals surface area contributed by atoms with Crippen molar-refractivity contribution < 1.29 is 4.74 Å². The molecule has 0 amide bonds. The van der Waals surface area contributed by atoms with Crippen molar-refractivity contribution in [2.24, 2.45) is 0 Å². The van der Waals surface area contributed by atoms with Gasteiger partial charge in [-0.15, -0.1) is 0 Å². The van der Waals surface area contributed by atoms with Gasteiger partial charge in [-0.2, -0.15) is 0 Å². The molecule has 0 radical (unpaired) electrons. The SMILES string of the molecule is CCCCC(CC)OCBr. The monoisotopic (exact) mass is 208 g/mol. The number of halogens is 1. The second-order valence-corrected chi connectivity index (χ2v) is 2.91. The van der Waals surface area contributed by atoms with E-state index >= 15 is 0 Å². The first-order valence-electron chi connectivity index (χ1n) is 4.02. The summed E-state index contributed by atoms with van der Waals surface area (Å²) >= 11 is 3.26. The van der Waals surface area contributed by atoms with Crippen molar-refractivity contribution in [1.82, 2.24) is 0 Å². The summed E-state index contributed by atoms with van der Waals surface area (Å²) in [4.78, 5) is 0. The molecule has 0 aromatic heterocycles. The largest absolute Gasteiger partial charge is 0.367 e. The van der Waals surface area contributed by atoms with Crippen LogP contribution in [0, 0.1) is 0 Å². The van der Waals surface area contributed by atoms with Crippen LogP contribution in [0.3, 0.4) is 0 Å². The lowest BCUT2D eigenvalue weighted by molar-refractivity contribution is 0.0809. The van der Waals surface area contributed by atoms with Gasteiger partial charge in [0.15, 0.2) is 0 Å². The molecule has 0 aliphatic heterocycles. The number of alkyl halides is 1. The Bertz CT molecular complexity index is 66.3. The summed E-state index contributed by atoms with van der Waals surface area (Å²) in [5, 5.41) is 0. The van der Waals surface area contributed by atoms with Crippen molar-refractivity contribution in [1.29, 1.82) is 0 Å². The van der Waals surface area contributed by atoms with Crippen LogP contribution in [0.5, 0.6) is 0 Å². The summed E-state index contributed by atoms with van der Waals surface area (Å²) in [5.41, 5.74) is 0.676. The average molecular weight is 209 g/mol. The van der Waals surface area contributed by atoms with Crippen LogP contribution in [0.1, 0.15) is 39.5 Å². The third-order valence-electron chi connectivity index (χ3n) is 1.63. The molecule has 0 spiro atoms. The van der Waals surface area contributed by atoms with Gasteiger partial charge < -0.3 is 4.74 Å². The summed E-state index contributed by atoms with van der Waals surface area (Å²) in [6, 6.07) is 0. The first-order valence-corrected chi connectivity index (χ1v) is 5.14. The number of hydrogen-bond donors (Lipinski definition) is 0. The number of ether oxygens (including phenoxy) is 1.